The first kappa shape index (κ1) is 21.8. The van der Waals surface area contributed by atoms with E-state index in [9.17, 15) is 14.4 Å². The summed E-state index contributed by atoms with van der Waals surface area (Å²) >= 11 is 0. The van der Waals surface area contributed by atoms with E-state index < -0.39 is 12.0 Å². The molecule has 6 nitrogen and oxygen atoms in total. The molecule has 1 aromatic rings. The third kappa shape index (κ3) is 4.94. The van der Waals surface area contributed by atoms with Gasteiger partial charge in [0.15, 0.2) is 6.61 Å². The van der Waals surface area contributed by atoms with Gasteiger partial charge in [-0.15, -0.1) is 0 Å². The van der Waals surface area contributed by atoms with Crippen molar-refractivity contribution in [2.24, 2.45) is 29.1 Å². The first-order valence-corrected chi connectivity index (χ1v) is 11.6. The maximum absolute atomic E-state index is 13.3. The van der Waals surface area contributed by atoms with E-state index in [1.165, 1.54) is 19.3 Å². The van der Waals surface area contributed by atoms with Gasteiger partial charge < -0.3 is 15.4 Å². The highest BCUT2D eigenvalue weighted by Gasteiger charge is 2.55. The molecule has 0 aliphatic heterocycles. The molecule has 4 bridgehead atoms. The Morgan fingerprint density at radius 1 is 1.00 bits per heavy atom. The molecule has 2 N–H and O–H groups in total. The molecule has 31 heavy (non-hydrogen) atoms. The van der Waals surface area contributed by atoms with E-state index in [4.69, 9.17) is 4.74 Å². The predicted octanol–water partition coefficient (Wildman–Crippen LogP) is 3.20. The van der Waals surface area contributed by atoms with Crippen LogP contribution in [-0.2, 0) is 25.7 Å². The highest BCUT2D eigenvalue weighted by molar-refractivity contribution is 5.89. The van der Waals surface area contributed by atoms with Crippen LogP contribution in [0.3, 0.4) is 0 Å². The Kier molecular flexibility index (Phi) is 6.35. The second-order valence-corrected chi connectivity index (χ2v) is 10.3. The summed E-state index contributed by atoms with van der Waals surface area (Å²) in [6.07, 6.45) is 6.65. The topological polar surface area (TPSA) is 84.5 Å². The fourth-order valence-electron chi connectivity index (χ4n) is 6.25. The summed E-state index contributed by atoms with van der Waals surface area (Å²) in [5, 5.41) is 5.76. The van der Waals surface area contributed by atoms with Crippen molar-refractivity contribution in [3.8, 4) is 0 Å². The third-order valence-corrected chi connectivity index (χ3v) is 7.41. The van der Waals surface area contributed by atoms with Crippen LogP contribution in [0.25, 0.3) is 0 Å². The zero-order valence-corrected chi connectivity index (χ0v) is 18.6. The van der Waals surface area contributed by atoms with Crippen LogP contribution in [0.1, 0.15) is 57.9 Å². The molecule has 5 rings (SSSR count). The van der Waals surface area contributed by atoms with E-state index >= 15 is 0 Å². The van der Waals surface area contributed by atoms with Crippen molar-refractivity contribution in [1.82, 2.24) is 10.6 Å². The van der Waals surface area contributed by atoms with Gasteiger partial charge in [-0.2, -0.15) is 0 Å². The highest BCUT2D eigenvalue weighted by Crippen LogP contribution is 2.60. The van der Waals surface area contributed by atoms with E-state index in [1.807, 2.05) is 44.2 Å². The van der Waals surface area contributed by atoms with E-state index in [0.717, 1.165) is 24.8 Å². The first-order valence-electron chi connectivity index (χ1n) is 11.6. The van der Waals surface area contributed by atoms with Gasteiger partial charge in [0.25, 0.3) is 5.91 Å². The lowest BCUT2D eigenvalue weighted by Gasteiger charge is -2.55. The van der Waals surface area contributed by atoms with E-state index in [1.54, 1.807) is 0 Å². The Hall–Kier alpha value is -2.37. The minimum absolute atomic E-state index is 0.00998. The molecule has 1 aromatic carbocycles. The molecule has 4 saturated carbocycles. The van der Waals surface area contributed by atoms with Crippen LogP contribution in [0.5, 0.6) is 0 Å². The second kappa shape index (κ2) is 9.01. The summed E-state index contributed by atoms with van der Waals surface area (Å²) in [6.45, 7) is 3.82. The number of rotatable bonds is 8. The Morgan fingerprint density at radius 3 is 2.13 bits per heavy atom. The molecule has 2 amide bonds. The molecular weight excluding hydrogens is 392 g/mol. The van der Waals surface area contributed by atoms with Crippen LogP contribution in [-0.4, -0.2) is 30.4 Å². The van der Waals surface area contributed by atoms with Crippen molar-refractivity contribution < 1.29 is 19.1 Å². The number of hydrogen-bond donors (Lipinski definition) is 2. The zero-order chi connectivity index (χ0) is 22.0. The van der Waals surface area contributed by atoms with Gasteiger partial charge in [-0.1, -0.05) is 44.2 Å². The van der Waals surface area contributed by atoms with Gasteiger partial charge in [0, 0.05) is 12.0 Å². The van der Waals surface area contributed by atoms with Crippen LogP contribution in [0, 0.1) is 29.1 Å². The first-order chi connectivity index (χ1) is 14.8. The SMILES string of the molecule is CC(C)[C@@H](NC(=O)C12CC3CC(CC(C3)C1)C2)C(=O)OCC(=O)NCc1ccccc1. The average Bonchev–Trinajstić information content (AvgIpc) is 2.73. The van der Waals surface area contributed by atoms with Crippen molar-refractivity contribution in [1.29, 1.82) is 0 Å². The van der Waals surface area contributed by atoms with Gasteiger partial charge >= 0.3 is 5.97 Å². The lowest BCUT2D eigenvalue weighted by Crippen LogP contribution is -2.57. The van der Waals surface area contributed by atoms with Gasteiger partial charge in [0.05, 0.1) is 0 Å². The standard InChI is InChI=1S/C25H34N2O4/c1-16(2)22(23(29)31-15-21(28)26-14-17-6-4-3-5-7-17)27-24(30)25-11-18-8-19(12-25)10-20(9-18)13-25/h3-7,16,18-20,22H,8-15H2,1-2H3,(H,26,28)(H,27,30)/t18?,19?,20?,22-,25?/m1/s1. The summed E-state index contributed by atoms with van der Waals surface area (Å²) < 4.78 is 5.27. The fourth-order valence-corrected chi connectivity index (χ4v) is 6.25. The molecule has 6 heteroatoms. The lowest BCUT2D eigenvalue weighted by molar-refractivity contribution is -0.157. The molecule has 0 unspecified atom stereocenters. The maximum atomic E-state index is 13.3. The van der Waals surface area contributed by atoms with Gasteiger partial charge in [-0.3, -0.25) is 9.59 Å². The number of esters is 1. The maximum Gasteiger partial charge on any atom is 0.329 e. The highest BCUT2D eigenvalue weighted by atomic mass is 16.5. The Balaban J connectivity index is 1.29. The van der Waals surface area contributed by atoms with Crippen LogP contribution in [0.2, 0.25) is 0 Å². The van der Waals surface area contributed by atoms with E-state index in [-0.39, 0.29) is 29.8 Å². The third-order valence-electron chi connectivity index (χ3n) is 7.41. The monoisotopic (exact) mass is 426 g/mol. The summed E-state index contributed by atoms with van der Waals surface area (Å²) in [7, 11) is 0. The van der Waals surface area contributed by atoms with Crippen molar-refractivity contribution in [2.75, 3.05) is 6.61 Å². The number of benzene rings is 1. The summed E-state index contributed by atoms with van der Waals surface area (Å²) in [4.78, 5) is 38.1. The normalized spacial score (nSPS) is 29.5. The second-order valence-electron chi connectivity index (χ2n) is 10.3. The van der Waals surface area contributed by atoms with Gasteiger partial charge in [0.1, 0.15) is 6.04 Å². The summed E-state index contributed by atoms with van der Waals surface area (Å²) in [6, 6.07) is 8.82. The molecule has 0 heterocycles. The molecule has 4 aliphatic rings. The van der Waals surface area contributed by atoms with Crippen LogP contribution < -0.4 is 10.6 Å². The minimum atomic E-state index is -0.734. The van der Waals surface area contributed by atoms with Crippen molar-refractivity contribution in [2.45, 2.75) is 65.0 Å². The Bertz CT molecular complexity index is 785. The number of carbonyl (C=O) groups excluding carboxylic acids is 3. The molecule has 4 aliphatic carbocycles. The summed E-state index contributed by atoms with van der Waals surface area (Å²) in [5.41, 5.74) is 0.667. The zero-order valence-electron chi connectivity index (χ0n) is 18.6. The van der Waals surface area contributed by atoms with Crippen LogP contribution >= 0.6 is 0 Å². The number of nitrogens with one attached hydrogen (secondary N) is 2. The molecular formula is C25H34N2O4. The number of carbonyl (C=O) groups is 3. The van der Waals surface area contributed by atoms with Crippen molar-refractivity contribution in [3.63, 3.8) is 0 Å². The van der Waals surface area contributed by atoms with E-state index in [0.29, 0.717) is 24.3 Å². The van der Waals surface area contributed by atoms with Gasteiger partial charge in [-0.05, 0) is 67.8 Å². The van der Waals surface area contributed by atoms with Crippen LogP contribution in [0.15, 0.2) is 30.3 Å². The smallest absolute Gasteiger partial charge is 0.329 e. The minimum Gasteiger partial charge on any atom is -0.454 e. The molecule has 1 atom stereocenters. The largest absolute Gasteiger partial charge is 0.454 e. The van der Waals surface area contributed by atoms with E-state index in [2.05, 4.69) is 10.6 Å². The average molecular weight is 427 g/mol. The number of ether oxygens (including phenoxy) is 1. The molecule has 0 saturated heterocycles. The molecule has 0 aromatic heterocycles. The number of hydrogen-bond acceptors (Lipinski definition) is 4. The predicted molar refractivity (Wildman–Crippen MR) is 117 cm³/mol. The quantitative estimate of drug-likeness (QED) is 0.625. The lowest BCUT2D eigenvalue weighted by atomic mass is 9.49. The molecule has 0 spiro atoms. The van der Waals surface area contributed by atoms with Crippen LogP contribution in [0.4, 0.5) is 0 Å². The summed E-state index contributed by atoms with van der Waals surface area (Å²) in [5.74, 6) is 0.989. The Labute approximate surface area is 184 Å². The molecule has 0 radical (unpaired) electrons. The number of amides is 2. The van der Waals surface area contributed by atoms with Crippen molar-refractivity contribution >= 4 is 17.8 Å². The Morgan fingerprint density at radius 2 is 1.58 bits per heavy atom. The fraction of sp³-hybridized carbons (Fsp3) is 0.640. The van der Waals surface area contributed by atoms with Crippen molar-refractivity contribution in [3.05, 3.63) is 35.9 Å². The van der Waals surface area contributed by atoms with Gasteiger partial charge in [0.2, 0.25) is 5.91 Å². The molecule has 4 fully saturated rings. The van der Waals surface area contributed by atoms with Gasteiger partial charge in [-0.25, -0.2) is 4.79 Å². The molecule has 168 valence electrons.